The molecule has 16 heavy (non-hydrogen) atoms. The van der Waals surface area contributed by atoms with Crippen LogP contribution in [0.2, 0.25) is 0 Å². The third-order valence-electron chi connectivity index (χ3n) is 3.16. The maximum Gasteiger partial charge on any atom is 0.165 e. The van der Waals surface area contributed by atoms with Gasteiger partial charge in [0.15, 0.2) is 11.6 Å². The zero-order chi connectivity index (χ0) is 11.4. The molecule has 0 bridgehead atoms. The molecule has 1 saturated heterocycles. The predicted molar refractivity (Wildman–Crippen MR) is 62.2 cm³/mol. The molecule has 0 spiro atoms. The first-order chi connectivity index (χ1) is 7.81. The fraction of sp³-hybridized carbons (Fsp3) is 0.538. The van der Waals surface area contributed by atoms with Crippen LogP contribution < -0.4 is 10.1 Å². The van der Waals surface area contributed by atoms with E-state index in [1.165, 1.54) is 26.0 Å². The number of para-hydroxylation sites is 1. The van der Waals surface area contributed by atoms with E-state index in [1.807, 2.05) is 6.07 Å². The molecule has 1 fully saturated rings. The van der Waals surface area contributed by atoms with E-state index in [0.29, 0.717) is 11.7 Å². The van der Waals surface area contributed by atoms with Crippen molar-refractivity contribution in [1.82, 2.24) is 5.32 Å². The van der Waals surface area contributed by atoms with Crippen LogP contribution in [0.3, 0.4) is 0 Å². The first kappa shape index (κ1) is 11.4. The van der Waals surface area contributed by atoms with Gasteiger partial charge in [-0.3, -0.25) is 0 Å². The summed E-state index contributed by atoms with van der Waals surface area (Å²) >= 11 is 0. The number of methoxy groups -OCH3 is 1. The molecule has 1 aromatic carbocycles. The molecule has 88 valence electrons. The summed E-state index contributed by atoms with van der Waals surface area (Å²) in [7, 11) is 1.53. The number of nitrogens with one attached hydrogen (secondary N) is 1. The van der Waals surface area contributed by atoms with Crippen molar-refractivity contribution < 1.29 is 9.13 Å². The summed E-state index contributed by atoms with van der Waals surface area (Å²) in [5.74, 6) is 0.751. The Kier molecular flexibility index (Phi) is 3.78. The van der Waals surface area contributed by atoms with Crippen molar-refractivity contribution in [2.24, 2.45) is 5.92 Å². The summed E-state index contributed by atoms with van der Waals surface area (Å²) in [5.41, 5.74) is 0.983. The molecule has 0 radical (unpaired) electrons. The van der Waals surface area contributed by atoms with Crippen LogP contribution in [-0.2, 0) is 6.42 Å². The highest BCUT2D eigenvalue weighted by atomic mass is 19.1. The lowest BCUT2D eigenvalue weighted by molar-refractivity contribution is 0.354. The Morgan fingerprint density at radius 3 is 3.06 bits per heavy atom. The highest BCUT2D eigenvalue weighted by Crippen LogP contribution is 2.26. The molecule has 1 aliphatic heterocycles. The standard InChI is InChI=1S/C13H18FNO/c1-16-13-11(5-2-6-12(13)14)8-10-4-3-7-15-9-10/h2,5-6,10,15H,3-4,7-9H2,1H3. The maximum absolute atomic E-state index is 13.5. The Morgan fingerprint density at radius 1 is 1.50 bits per heavy atom. The quantitative estimate of drug-likeness (QED) is 0.849. The molecular formula is C13H18FNO. The van der Waals surface area contributed by atoms with Gasteiger partial charge in [-0.15, -0.1) is 0 Å². The van der Waals surface area contributed by atoms with Crippen LogP contribution >= 0.6 is 0 Å². The molecule has 2 rings (SSSR count). The van der Waals surface area contributed by atoms with Gasteiger partial charge in [-0.1, -0.05) is 12.1 Å². The fourth-order valence-corrected chi connectivity index (χ4v) is 2.35. The van der Waals surface area contributed by atoms with Gasteiger partial charge in [-0.05, 0) is 49.9 Å². The van der Waals surface area contributed by atoms with Crippen molar-refractivity contribution in [2.45, 2.75) is 19.3 Å². The third kappa shape index (κ3) is 2.53. The van der Waals surface area contributed by atoms with Crippen LogP contribution in [-0.4, -0.2) is 20.2 Å². The first-order valence-electron chi connectivity index (χ1n) is 5.83. The monoisotopic (exact) mass is 223 g/mol. The normalized spacial score (nSPS) is 20.8. The Balaban J connectivity index is 2.10. The van der Waals surface area contributed by atoms with Gasteiger partial charge in [0.05, 0.1) is 7.11 Å². The smallest absolute Gasteiger partial charge is 0.165 e. The largest absolute Gasteiger partial charge is 0.493 e. The van der Waals surface area contributed by atoms with E-state index in [-0.39, 0.29) is 5.82 Å². The number of ether oxygens (including phenoxy) is 1. The molecule has 1 aliphatic rings. The van der Waals surface area contributed by atoms with E-state index in [4.69, 9.17) is 4.74 Å². The minimum atomic E-state index is -0.260. The molecule has 0 aromatic heterocycles. The highest BCUT2D eigenvalue weighted by molar-refractivity contribution is 5.35. The molecule has 1 heterocycles. The van der Waals surface area contributed by atoms with Crippen LogP contribution in [0.25, 0.3) is 0 Å². The van der Waals surface area contributed by atoms with Crippen LogP contribution in [0.15, 0.2) is 18.2 Å². The lowest BCUT2D eigenvalue weighted by atomic mass is 9.92. The molecule has 1 atom stereocenters. The number of hydrogen-bond donors (Lipinski definition) is 1. The van der Waals surface area contributed by atoms with Gasteiger partial charge in [0.1, 0.15) is 0 Å². The molecule has 3 heteroatoms. The number of benzene rings is 1. The Bertz CT molecular complexity index is 348. The topological polar surface area (TPSA) is 21.3 Å². The van der Waals surface area contributed by atoms with Crippen molar-refractivity contribution in [3.05, 3.63) is 29.6 Å². The number of rotatable bonds is 3. The highest BCUT2D eigenvalue weighted by Gasteiger charge is 2.17. The summed E-state index contributed by atoms with van der Waals surface area (Å²) in [4.78, 5) is 0. The Morgan fingerprint density at radius 2 is 2.38 bits per heavy atom. The third-order valence-corrected chi connectivity index (χ3v) is 3.16. The van der Waals surface area contributed by atoms with Gasteiger partial charge in [0, 0.05) is 0 Å². The first-order valence-corrected chi connectivity index (χ1v) is 5.83. The van der Waals surface area contributed by atoms with Gasteiger partial charge in [0.2, 0.25) is 0 Å². The number of hydrogen-bond acceptors (Lipinski definition) is 2. The summed E-state index contributed by atoms with van der Waals surface area (Å²) in [6.07, 6.45) is 3.32. The van der Waals surface area contributed by atoms with Crippen LogP contribution in [0.4, 0.5) is 4.39 Å². The minimum Gasteiger partial charge on any atom is -0.493 e. The van der Waals surface area contributed by atoms with E-state index in [1.54, 1.807) is 6.07 Å². The summed E-state index contributed by atoms with van der Waals surface area (Å²) < 4.78 is 18.6. The zero-order valence-electron chi connectivity index (χ0n) is 9.63. The summed E-state index contributed by atoms with van der Waals surface area (Å²) in [5, 5.41) is 3.37. The van der Waals surface area contributed by atoms with Crippen molar-refractivity contribution >= 4 is 0 Å². The molecule has 1 N–H and O–H groups in total. The lowest BCUT2D eigenvalue weighted by Crippen LogP contribution is -2.30. The average Bonchev–Trinajstić information content (AvgIpc) is 2.31. The number of piperidine rings is 1. The van der Waals surface area contributed by atoms with Crippen molar-refractivity contribution in [3.63, 3.8) is 0 Å². The minimum absolute atomic E-state index is 0.260. The van der Waals surface area contributed by atoms with E-state index < -0.39 is 0 Å². The van der Waals surface area contributed by atoms with Crippen molar-refractivity contribution in [3.8, 4) is 5.75 Å². The van der Waals surface area contributed by atoms with E-state index >= 15 is 0 Å². The van der Waals surface area contributed by atoms with Gasteiger partial charge in [-0.25, -0.2) is 4.39 Å². The number of halogens is 1. The summed E-state index contributed by atoms with van der Waals surface area (Å²) in [6.45, 7) is 2.14. The molecule has 1 aromatic rings. The van der Waals surface area contributed by atoms with Crippen LogP contribution in [0.1, 0.15) is 18.4 Å². The van der Waals surface area contributed by atoms with Gasteiger partial charge in [-0.2, -0.15) is 0 Å². The molecule has 0 aliphatic carbocycles. The van der Waals surface area contributed by atoms with Gasteiger partial charge >= 0.3 is 0 Å². The van der Waals surface area contributed by atoms with Crippen LogP contribution in [0, 0.1) is 11.7 Å². The second-order valence-electron chi connectivity index (χ2n) is 4.35. The van der Waals surface area contributed by atoms with Gasteiger partial charge < -0.3 is 10.1 Å². The lowest BCUT2D eigenvalue weighted by Gasteiger charge is -2.23. The zero-order valence-corrected chi connectivity index (χ0v) is 9.63. The molecule has 2 nitrogen and oxygen atoms in total. The fourth-order valence-electron chi connectivity index (χ4n) is 2.35. The summed E-state index contributed by atoms with van der Waals surface area (Å²) in [6, 6.07) is 5.15. The molecule has 0 saturated carbocycles. The second-order valence-corrected chi connectivity index (χ2v) is 4.35. The van der Waals surface area contributed by atoms with Gasteiger partial charge in [0.25, 0.3) is 0 Å². The van der Waals surface area contributed by atoms with E-state index in [2.05, 4.69) is 5.32 Å². The average molecular weight is 223 g/mol. The van der Waals surface area contributed by atoms with Crippen LogP contribution in [0.5, 0.6) is 5.75 Å². The molecular weight excluding hydrogens is 205 g/mol. The van der Waals surface area contributed by atoms with E-state index in [0.717, 1.165) is 25.1 Å². The maximum atomic E-state index is 13.5. The molecule has 0 amide bonds. The van der Waals surface area contributed by atoms with Crippen molar-refractivity contribution in [1.29, 1.82) is 0 Å². The second kappa shape index (κ2) is 5.30. The van der Waals surface area contributed by atoms with Crippen molar-refractivity contribution in [2.75, 3.05) is 20.2 Å². The Hall–Kier alpha value is -1.09. The Labute approximate surface area is 95.8 Å². The molecule has 1 unspecified atom stereocenters. The van der Waals surface area contributed by atoms with E-state index in [9.17, 15) is 4.39 Å². The SMILES string of the molecule is COc1c(F)cccc1CC1CCCNC1. The predicted octanol–water partition coefficient (Wildman–Crippen LogP) is 2.38.